The summed E-state index contributed by atoms with van der Waals surface area (Å²) in [5, 5.41) is 5.53. The molecule has 2 aromatic rings. The molecule has 5 heteroatoms. The lowest BCUT2D eigenvalue weighted by Crippen LogP contribution is -2.38. The molecule has 1 N–H and O–H groups in total. The van der Waals surface area contributed by atoms with E-state index in [1.54, 1.807) is 14.0 Å². The van der Waals surface area contributed by atoms with E-state index in [0.717, 1.165) is 40.5 Å². The van der Waals surface area contributed by atoms with Gasteiger partial charge >= 0.3 is 0 Å². The lowest BCUT2D eigenvalue weighted by atomic mass is 10.0. The maximum absolute atomic E-state index is 11.3. The maximum Gasteiger partial charge on any atom is 0.169 e. The largest absolute Gasteiger partial charge is 0.493 e. The summed E-state index contributed by atoms with van der Waals surface area (Å²) in [4.78, 5) is 12.1. The minimum atomic E-state index is 0.123. The third-order valence-corrected chi connectivity index (χ3v) is 4.85. The third kappa shape index (κ3) is 3.15. The molecule has 4 nitrogen and oxygen atoms in total. The monoisotopic (exact) mass is 317 g/mol. The molecule has 0 amide bonds. The molecule has 1 aromatic heterocycles. The van der Waals surface area contributed by atoms with Crippen molar-refractivity contribution in [1.82, 2.24) is 5.32 Å². The van der Waals surface area contributed by atoms with Crippen molar-refractivity contribution in [3.8, 4) is 11.5 Å². The number of hydrogen-bond donors (Lipinski definition) is 1. The number of methoxy groups -OCH3 is 1. The van der Waals surface area contributed by atoms with Crippen molar-refractivity contribution >= 4 is 17.1 Å². The van der Waals surface area contributed by atoms with E-state index in [1.807, 2.05) is 23.6 Å². The standard InChI is InChI=1S/C17H19NO3S/c1-11(19)16-6-12(10-22-16)8-18-14-7-13-4-3-5-15(20-2)17(13)21-9-14/h3-6,10,14,18H,7-9H2,1-2H3. The van der Waals surface area contributed by atoms with Crippen molar-refractivity contribution in [2.45, 2.75) is 25.9 Å². The zero-order valence-corrected chi connectivity index (χ0v) is 13.5. The van der Waals surface area contributed by atoms with E-state index < -0.39 is 0 Å². The van der Waals surface area contributed by atoms with Gasteiger partial charge < -0.3 is 14.8 Å². The van der Waals surface area contributed by atoms with Crippen LogP contribution in [0, 0.1) is 0 Å². The summed E-state index contributed by atoms with van der Waals surface area (Å²) < 4.78 is 11.2. The molecule has 1 atom stereocenters. The fourth-order valence-corrected chi connectivity index (χ4v) is 3.42. The molecule has 0 bridgehead atoms. The number of hydrogen-bond acceptors (Lipinski definition) is 5. The Morgan fingerprint density at radius 3 is 3.09 bits per heavy atom. The minimum Gasteiger partial charge on any atom is -0.493 e. The Morgan fingerprint density at radius 2 is 2.36 bits per heavy atom. The van der Waals surface area contributed by atoms with Gasteiger partial charge in [0.25, 0.3) is 0 Å². The lowest BCUT2D eigenvalue weighted by Gasteiger charge is -2.27. The van der Waals surface area contributed by atoms with Gasteiger partial charge in [-0.2, -0.15) is 0 Å². The number of rotatable bonds is 5. The summed E-state index contributed by atoms with van der Waals surface area (Å²) in [6.07, 6.45) is 0.913. The Labute approximate surface area is 134 Å². The fourth-order valence-electron chi connectivity index (χ4n) is 2.60. The molecule has 2 heterocycles. The van der Waals surface area contributed by atoms with Crippen LogP contribution < -0.4 is 14.8 Å². The Kier molecular flexibility index (Phi) is 4.45. The number of Topliss-reactive ketones (excluding diaryl/α,β-unsaturated/α-hetero) is 1. The molecule has 1 aliphatic rings. The number of thiophene rings is 1. The highest BCUT2D eigenvalue weighted by atomic mass is 32.1. The summed E-state index contributed by atoms with van der Waals surface area (Å²) in [6, 6.07) is 8.20. The van der Waals surface area contributed by atoms with E-state index >= 15 is 0 Å². The second-order valence-corrected chi connectivity index (χ2v) is 6.33. The van der Waals surface area contributed by atoms with E-state index in [4.69, 9.17) is 9.47 Å². The second-order valence-electron chi connectivity index (χ2n) is 5.42. The topological polar surface area (TPSA) is 47.6 Å². The van der Waals surface area contributed by atoms with Crippen molar-refractivity contribution in [2.24, 2.45) is 0 Å². The zero-order chi connectivity index (χ0) is 15.5. The van der Waals surface area contributed by atoms with Crippen molar-refractivity contribution in [2.75, 3.05) is 13.7 Å². The van der Waals surface area contributed by atoms with Gasteiger partial charge in [0.2, 0.25) is 0 Å². The van der Waals surface area contributed by atoms with Gasteiger partial charge in [-0.05, 0) is 42.0 Å². The van der Waals surface area contributed by atoms with Crippen molar-refractivity contribution in [3.05, 3.63) is 45.6 Å². The summed E-state index contributed by atoms with van der Waals surface area (Å²) in [5.41, 5.74) is 2.31. The molecule has 0 aliphatic carbocycles. The van der Waals surface area contributed by atoms with Crippen LogP contribution in [0.3, 0.4) is 0 Å². The van der Waals surface area contributed by atoms with Crippen LogP contribution in [-0.4, -0.2) is 25.5 Å². The minimum absolute atomic E-state index is 0.123. The first-order valence-corrected chi connectivity index (χ1v) is 8.15. The number of ether oxygens (including phenoxy) is 2. The molecule has 1 aliphatic heterocycles. The van der Waals surface area contributed by atoms with Gasteiger partial charge in [0.15, 0.2) is 17.3 Å². The molecule has 22 heavy (non-hydrogen) atoms. The van der Waals surface area contributed by atoms with Gasteiger partial charge in [-0.25, -0.2) is 0 Å². The summed E-state index contributed by atoms with van der Waals surface area (Å²) in [5.74, 6) is 1.77. The number of para-hydroxylation sites is 1. The highest BCUT2D eigenvalue weighted by molar-refractivity contribution is 7.12. The SMILES string of the molecule is COc1cccc2c1OCC(NCc1csc(C(C)=O)c1)C2. The molecule has 116 valence electrons. The molecule has 0 spiro atoms. The first kappa shape index (κ1) is 15.1. The molecule has 3 rings (SSSR count). The summed E-state index contributed by atoms with van der Waals surface area (Å²) >= 11 is 1.50. The first-order chi connectivity index (χ1) is 10.7. The predicted octanol–water partition coefficient (Wildman–Crippen LogP) is 3.05. The van der Waals surface area contributed by atoms with Crippen LogP contribution in [0.4, 0.5) is 0 Å². The average molecular weight is 317 g/mol. The Balaban J connectivity index is 1.61. The quantitative estimate of drug-likeness (QED) is 0.861. The van der Waals surface area contributed by atoms with Gasteiger partial charge in [-0.3, -0.25) is 4.79 Å². The smallest absolute Gasteiger partial charge is 0.169 e. The number of ketones is 1. The molecular formula is C17H19NO3S. The van der Waals surface area contributed by atoms with E-state index in [2.05, 4.69) is 11.4 Å². The first-order valence-electron chi connectivity index (χ1n) is 7.27. The van der Waals surface area contributed by atoms with E-state index in [9.17, 15) is 4.79 Å². The number of benzene rings is 1. The average Bonchev–Trinajstić information content (AvgIpc) is 3.01. The summed E-state index contributed by atoms with van der Waals surface area (Å²) in [7, 11) is 1.66. The van der Waals surface area contributed by atoms with Crippen LogP contribution >= 0.6 is 11.3 Å². The van der Waals surface area contributed by atoms with Crippen LogP contribution in [-0.2, 0) is 13.0 Å². The number of nitrogens with one attached hydrogen (secondary N) is 1. The second kappa shape index (κ2) is 6.50. The van der Waals surface area contributed by atoms with Crippen molar-refractivity contribution in [1.29, 1.82) is 0 Å². The number of fused-ring (bicyclic) bond motifs is 1. The Bertz CT molecular complexity index is 680. The normalized spacial score (nSPS) is 16.7. The van der Waals surface area contributed by atoms with Gasteiger partial charge in [-0.1, -0.05) is 12.1 Å². The highest BCUT2D eigenvalue weighted by Crippen LogP contribution is 2.34. The Hall–Kier alpha value is -1.85. The fraction of sp³-hybridized carbons (Fsp3) is 0.353. The maximum atomic E-state index is 11.3. The van der Waals surface area contributed by atoms with Crippen LogP contribution in [0.2, 0.25) is 0 Å². The van der Waals surface area contributed by atoms with Crippen molar-refractivity contribution < 1.29 is 14.3 Å². The van der Waals surface area contributed by atoms with Crippen molar-refractivity contribution in [3.63, 3.8) is 0 Å². The third-order valence-electron chi connectivity index (χ3n) is 3.77. The predicted molar refractivity (Wildman–Crippen MR) is 87.1 cm³/mol. The van der Waals surface area contributed by atoms with E-state index in [-0.39, 0.29) is 11.8 Å². The van der Waals surface area contributed by atoms with Crippen LogP contribution in [0.1, 0.15) is 27.7 Å². The molecule has 0 saturated carbocycles. The van der Waals surface area contributed by atoms with Crippen LogP contribution in [0.15, 0.2) is 29.6 Å². The molecule has 0 fully saturated rings. The van der Waals surface area contributed by atoms with Crippen LogP contribution in [0.25, 0.3) is 0 Å². The van der Waals surface area contributed by atoms with Gasteiger partial charge in [0.05, 0.1) is 12.0 Å². The lowest BCUT2D eigenvalue weighted by molar-refractivity contribution is 0.102. The molecular weight excluding hydrogens is 298 g/mol. The molecule has 1 unspecified atom stereocenters. The number of carbonyl (C=O) groups is 1. The van der Waals surface area contributed by atoms with E-state index in [1.165, 1.54) is 11.3 Å². The van der Waals surface area contributed by atoms with Crippen LogP contribution in [0.5, 0.6) is 11.5 Å². The summed E-state index contributed by atoms with van der Waals surface area (Å²) in [6.45, 7) is 2.97. The zero-order valence-electron chi connectivity index (χ0n) is 12.7. The number of carbonyl (C=O) groups excluding carboxylic acids is 1. The van der Waals surface area contributed by atoms with E-state index in [0.29, 0.717) is 6.61 Å². The highest BCUT2D eigenvalue weighted by Gasteiger charge is 2.22. The molecule has 0 radical (unpaired) electrons. The molecule has 0 saturated heterocycles. The van der Waals surface area contributed by atoms with Gasteiger partial charge in [-0.15, -0.1) is 11.3 Å². The van der Waals surface area contributed by atoms with Gasteiger partial charge in [0, 0.05) is 12.6 Å². The van der Waals surface area contributed by atoms with Gasteiger partial charge in [0.1, 0.15) is 6.61 Å². The molecule has 1 aromatic carbocycles. The Morgan fingerprint density at radius 1 is 1.50 bits per heavy atom.